The Hall–Kier alpha value is -3.46. The minimum atomic E-state index is -0.487. The molecule has 158 valence electrons. The molecule has 0 saturated carbocycles. The summed E-state index contributed by atoms with van der Waals surface area (Å²) in [6, 6.07) is 16.8. The maximum atomic E-state index is 12.4. The second-order valence-electron chi connectivity index (χ2n) is 7.03. The Morgan fingerprint density at radius 2 is 1.94 bits per heavy atom. The van der Waals surface area contributed by atoms with Gasteiger partial charge in [-0.05, 0) is 31.2 Å². The van der Waals surface area contributed by atoms with Crippen LogP contribution in [0.2, 0.25) is 0 Å². The molecule has 3 heterocycles. The van der Waals surface area contributed by atoms with E-state index in [0.717, 1.165) is 22.7 Å². The number of rotatable bonds is 6. The van der Waals surface area contributed by atoms with Crippen LogP contribution in [0.15, 0.2) is 68.7 Å². The van der Waals surface area contributed by atoms with Gasteiger partial charge in [0.1, 0.15) is 18.0 Å². The van der Waals surface area contributed by atoms with Crippen LogP contribution in [0.3, 0.4) is 0 Å². The standard InChI is InChI=1S/C22H19N3O5S/c1-13(18-10-14-6-2-3-7-15(14)28-18)23-20(26)12-31-22-25-24-21(30-22)19-11-27-16-8-4-5-9-17(16)29-19/h2-10,13,19H,11-12H2,1H3,(H,23,26)/t13-,19+/m0/s1. The zero-order chi connectivity index (χ0) is 21.2. The number of para-hydroxylation sites is 3. The summed E-state index contributed by atoms with van der Waals surface area (Å²) in [5.74, 6) is 2.30. The van der Waals surface area contributed by atoms with Crippen molar-refractivity contribution in [3.05, 3.63) is 66.2 Å². The lowest BCUT2D eigenvalue weighted by molar-refractivity contribution is -0.119. The van der Waals surface area contributed by atoms with Gasteiger partial charge in [0.25, 0.3) is 11.1 Å². The van der Waals surface area contributed by atoms with E-state index in [0.29, 0.717) is 28.4 Å². The molecule has 0 saturated heterocycles. The number of carbonyl (C=O) groups is 1. The van der Waals surface area contributed by atoms with Gasteiger partial charge in [0.15, 0.2) is 11.5 Å². The van der Waals surface area contributed by atoms with E-state index in [1.54, 1.807) is 0 Å². The molecule has 2 aromatic heterocycles. The molecular formula is C22H19N3O5S. The van der Waals surface area contributed by atoms with E-state index in [-0.39, 0.29) is 24.3 Å². The van der Waals surface area contributed by atoms with Gasteiger partial charge < -0.3 is 23.6 Å². The Balaban J connectivity index is 1.15. The fourth-order valence-electron chi connectivity index (χ4n) is 3.25. The van der Waals surface area contributed by atoms with Gasteiger partial charge in [0.05, 0.1) is 11.8 Å². The number of hydrogen-bond donors (Lipinski definition) is 1. The molecule has 1 N–H and O–H groups in total. The molecular weight excluding hydrogens is 418 g/mol. The van der Waals surface area contributed by atoms with Crippen LogP contribution in [-0.4, -0.2) is 28.5 Å². The summed E-state index contributed by atoms with van der Waals surface area (Å²) < 4.78 is 23.0. The molecule has 2 aromatic carbocycles. The summed E-state index contributed by atoms with van der Waals surface area (Å²) in [4.78, 5) is 12.4. The molecule has 1 aliphatic rings. The number of furan rings is 1. The molecule has 0 aliphatic carbocycles. The maximum Gasteiger partial charge on any atom is 0.277 e. The van der Waals surface area contributed by atoms with E-state index in [9.17, 15) is 4.79 Å². The molecule has 0 fully saturated rings. The van der Waals surface area contributed by atoms with Crippen molar-refractivity contribution < 1.29 is 23.1 Å². The molecule has 0 unspecified atom stereocenters. The third-order valence-electron chi connectivity index (χ3n) is 4.78. The number of amides is 1. The summed E-state index contributed by atoms with van der Waals surface area (Å²) in [7, 11) is 0. The SMILES string of the molecule is C[C@H](NC(=O)CSc1nnc([C@H]2COc3ccccc3O2)o1)c1cc2ccccc2o1. The van der Waals surface area contributed by atoms with Gasteiger partial charge in [-0.3, -0.25) is 4.79 Å². The number of fused-ring (bicyclic) bond motifs is 2. The van der Waals surface area contributed by atoms with Gasteiger partial charge in [-0.1, -0.05) is 42.1 Å². The molecule has 2 atom stereocenters. The molecule has 0 radical (unpaired) electrons. The van der Waals surface area contributed by atoms with Crippen LogP contribution in [0.25, 0.3) is 11.0 Å². The number of benzene rings is 2. The van der Waals surface area contributed by atoms with Crippen LogP contribution in [0, 0.1) is 0 Å². The van der Waals surface area contributed by atoms with Crippen LogP contribution in [0.4, 0.5) is 0 Å². The summed E-state index contributed by atoms with van der Waals surface area (Å²) >= 11 is 1.16. The first-order valence-electron chi connectivity index (χ1n) is 9.78. The van der Waals surface area contributed by atoms with Crippen molar-refractivity contribution >= 4 is 28.6 Å². The molecule has 31 heavy (non-hydrogen) atoms. The number of carbonyl (C=O) groups excluding carboxylic acids is 1. The second kappa shape index (κ2) is 8.35. The van der Waals surface area contributed by atoms with Gasteiger partial charge in [-0.15, -0.1) is 10.2 Å². The number of hydrogen-bond acceptors (Lipinski definition) is 8. The van der Waals surface area contributed by atoms with E-state index in [2.05, 4.69) is 15.5 Å². The molecule has 8 nitrogen and oxygen atoms in total. The second-order valence-corrected chi connectivity index (χ2v) is 7.96. The van der Waals surface area contributed by atoms with Crippen molar-refractivity contribution in [2.45, 2.75) is 24.3 Å². The predicted molar refractivity (Wildman–Crippen MR) is 113 cm³/mol. The van der Waals surface area contributed by atoms with Gasteiger partial charge in [0, 0.05) is 5.39 Å². The van der Waals surface area contributed by atoms with Gasteiger partial charge >= 0.3 is 0 Å². The highest BCUT2D eigenvalue weighted by atomic mass is 32.2. The molecule has 5 rings (SSSR count). The minimum absolute atomic E-state index is 0.136. The summed E-state index contributed by atoms with van der Waals surface area (Å²) in [6.45, 7) is 2.15. The van der Waals surface area contributed by atoms with E-state index in [1.807, 2.05) is 61.5 Å². The lowest BCUT2D eigenvalue weighted by Crippen LogP contribution is -2.27. The highest BCUT2D eigenvalue weighted by molar-refractivity contribution is 7.99. The normalized spacial score (nSPS) is 16.2. The smallest absolute Gasteiger partial charge is 0.277 e. The minimum Gasteiger partial charge on any atom is -0.485 e. The molecule has 0 bridgehead atoms. The highest BCUT2D eigenvalue weighted by Gasteiger charge is 2.27. The molecule has 9 heteroatoms. The Labute approximate surface area is 181 Å². The highest BCUT2D eigenvalue weighted by Crippen LogP contribution is 2.36. The zero-order valence-electron chi connectivity index (χ0n) is 16.6. The average Bonchev–Trinajstić information content (AvgIpc) is 3.44. The molecule has 1 aliphatic heterocycles. The first-order chi connectivity index (χ1) is 15.2. The van der Waals surface area contributed by atoms with Crippen LogP contribution in [-0.2, 0) is 4.79 Å². The van der Waals surface area contributed by atoms with Gasteiger partial charge in [-0.25, -0.2) is 0 Å². The lowest BCUT2D eigenvalue weighted by atomic mass is 10.2. The Morgan fingerprint density at radius 1 is 1.13 bits per heavy atom. The Morgan fingerprint density at radius 3 is 2.81 bits per heavy atom. The number of nitrogens with zero attached hydrogens (tertiary/aromatic N) is 2. The van der Waals surface area contributed by atoms with Crippen molar-refractivity contribution in [1.82, 2.24) is 15.5 Å². The van der Waals surface area contributed by atoms with Crippen LogP contribution in [0.1, 0.15) is 30.7 Å². The van der Waals surface area contributed by atoms with Crippen LogP contribution >= 0.6 is 11.8 Å². The van der Waals surface area contributed by atoms with Crippen LogP contribution < -0.4 is 14.8 Å². The Bertz CT molecular complexity index is 1190. The van der Waals surface area contributed by atoms with E-state index < -0.39 is 6.10 Å². The number of aromatic nitrogens is 2. The number of ether oxygens (including phenoxy) is 2. The number of nitrogens with one attached hydrogen (secondary N) is 1. The van der Waals surface area contributed by atoms with E-state index in [4.69, 9.17) is 18.3 Å². The predicted octanol–water partition coefficient (Wildman–Crippen LogP) is 4.30. The fraction of sp³-hybridized carbons (Fsp3) is 0.227. The average molecular weight is 437 g/mol. The van der Waals surface area contributed by atoms with Crippen molar-refractivity contribution in [2.75, 3.05) is 12.4 Å². The van der Waals surface area contributed by atoms with Crippen molar-refractivity contribution in [1.29, 1.82) is 0 Å². The van der Waals surface area contributed by atoms with Crippen LogP contribution in [0.5, 0.6) is 11.5 Å². The summed E-state index contributed by atoms with van der Waals surface area (Å²) in [5, 5.41) is 12.3. The zero-order valence-corrected chi connectivity index (χ0v) is 17.4. The third-order valence-corrected chi connectivity index (χ3v) is 5.60. The lowest BCUT2D eigenvalue weighted by Gasteiger charge is -2.23. The molecule has 1 amide bonds. The van der Waals surface area contributed by atoms with Crippen molar-refractivity contribution in [3.8, 4) is 11.5 Å². The van der Waals surface area contributed by atoms with Gasteiger partial charge in [0.2, 0.25) is 12.0 Å². The van der Waals surface area contributed by atoms with Gasteiger partial charge in [-0.2, -0.15) is 0 Å². The first-order valence-corrected chi connectivity index (χ1v) is 10.8. The molecule has 4 aromatic rings. The fourth-order valence-corrected chi connectivity index (χ4v) is 3.83. The Kier molecular flexibility index (Phi) is 5.25. The van der Waals surface area contributed by atoms with Crippen molar-refractivity contribution in [2.24, 2.45) is 0 Å². The summed E-state index contributed by atoms with van der Waals surface area (Å²) in [6.07, 6.45) is -0.487. The summed E-state index contributed by atoms with van der Waals surface area (Å²) in [5.41, 5.74) is 0.794. The topological polar surface area (TPSA) is 99.6 Å². The molecule has 0 spiro atoms. The first kappa shape index (κ1) is 19.5. The monoisotopic (exact) mass is 437 g/mol. The van der Waals surface area contributed by atoms with Crippen molar-refractivity contribution in [3.63, 3.8) is 0 Å². The third kappa shape index (κ3) is 4.22. The number of thioether (sulfide) groups is 1. The quantitative estimate of drug-likeness (QED) is 0.446. The van der Waals surface area contributed by atoms with E-state index >= 15 is 0 Å². The van der Waals surface area contributed by atoms with E-state index in [1.165, 1.54) is 0 Å². The maximum absolute atomic E-state index is 12.4. The largest absolute Gasteiger partial charge is 0.485 e.